The SMILES string of the molecule is Cc1c(-c2ccc3cc(OCCCCC(=O)NCC(C)C)ccc3n2)cnn1-c1ccccc1. The minimum absolute atomic E-state index is 0.117. The minimum atomic E-state index is 0.117. The van der Waals surface area contributed by atoms with Crippen LogP contribution in [0.4, 0.5) is 0 Å². The van der Waals surface area contributed by atoms with E-state index in [1.54, 1.807) is 0 Å². The standard InChI is InChI=1S/C28H32N4O2/c1-20(2)18-29-28(33)11-7-8-16-34-24-13-15-26-22(17-24)12-14-27(31-26)25-19-30-32(21(25)3)23-9-5-4-6-10-23/h4-6,9-10,12-15,17,19-20H,7-8,11,16,18H2,1-3H3,(H,29,33). The van der Waals surface area contributed by atoms with Gasteiger partial charge in [-0.15, -0.1) is 0 Å². The highest BCUT2D eigenvalue weighted by Gasteiger charge is 2.12. The van der Waals surface area contributed by atoms with Gasteiger partial charge >= 0.3 is 0 Å². The van der Waals surface area contributed by atoms with Gasteiger partial charge in [-0.25, -0.2) is 9.67 Å². The molecule has 0 radical (unpaired) electrons. The average molecular weight is 457 g/mol. The number of ether oxygens (including phenoxy) is 1. The summed E-state index contributed by atoms with van der Waals surface area (Å²) in [4.78, 5) is 16.6. The molecule has 0 aliphatic rings. The zero-order valence-corrected chi connectivity index (χ0v) is 20.1. The number of amides is 1. The van der Waals surface area contributed by atoms with Crippen molar-refractivity contribution in [1.29, 1.82) is 0 Å². The van der Waals surface area contributed by atoms with Gasteiger partial charge in [-0.1, -0.05) is 38.1 Å². The molecule has 1 amide bonds. The Morgan fingerprint density at radius 3 is 2.68 bits per heavy atom. The summed E-state index contributed by atoms with van der Waals surface area (Å²) in [6, 6.07) is 20.2. The van der Waals surface area contributed by atoms with E-state index in [9.17, 15) is 4.79 Å². The van der Waals surface area contributed by atoms with Crippen molar-refractivity contribution in [3.05, 3.63) is 72.6 Å². The first-order valence-electron chi connectivity index (χ1n) is 11.9. The summed E-state index contributed by atoms with van der Waals surface area (Å²) in [5, 5.41) is 8.54. The second-order valence-electron chi connectivity index (χ2n) is 8.95. The third-order valence-electron chi connectivity index (χ3n) is 5.72. The van der Waals surface area contributed by atoms with Gasteiger partial charge < -0.3 is 10.1 Å². The Bertz CT molecular complexity index is 1250. The monoisotopic (exact) mass is 456 g/mol. The maximum absolute atomic E-state index is 11.8. The van der Waals surface area contributed by atoms with E-state index >= 15 is 0 Å². The normalized spacial score (nSPS) is 11.2. The maximum atomic E-state index is 11.8. The number of nitrogens with zero attached hydrogens (tertiary/aromatic N) is 3. The molecule has 2 heterocycles. The smallest absolute Gasteiger partial charge is 0.220 e. The molecule has 0 bridgehead atoms. The van der Waals surface area contributed by atoms with Crippen molar-refractivity contribution in [3.63, 3.8) is 0 Å². The van der Waals surface area contributed by atoms with E-state index in [2.05, 4.69) is 37.3 Å². The molecule has 0 unspecified atom stereocenters. The number of nitrogens with one attached hydrogen (secondary N) is 1. The maximum Gasteiger partial charge on any atom is 0.220 e. The largest absolute Gasteiger partial charge is 0.494 e. The predicted octanol–water partition coefficient (Wildman–Crippen LogP) is 5.72. The molecule has 2 aromatic carbocycles. The Labute approximate surface area is 201 Å². The van der Waals surface area contributed by atoms with E-state index < -0.39 is 0 Å². The van der Waals surface area contributed by atoms with Gasteiger partial charge in [0.1, 0.15) is 5.75 Å². The zero-order valence-electron chi connectivity index (χ0n) is 20.1. The number of unbranched alkanes of at least 4 members (excludes halogenated alkanes) is 1. The molecule has 4 rings (SSSR count). The van der Waals surface area contributed by atoms with Crippen LogP contribution in [-0.4, -0.2) is 33.8 Å². The molecule has 34 heavy (non-hydrogen) atoms. The topological polar surface area (TPSA) is 69.0 Å². The number of benzene rings is 2. The van der Waals surface area contributed by atoms with Crippen molar-refractivity contribution in [2.45, 2.75) is 40.0 Å². The van der Waals surface area contributed by atoms with Crippen LogP contribution in [0, 0.1) is 12.8 Å². The molecule has 0 aliphatic heterocycles. The molecule has 1 N–H and O–H groups in total. The molecule has 0 saturated carbocycles. The Morgan fingerprint density at radius 1 is 1.06 bits per heavy atom. The number of para-hydroxylation sites is 1. The second kappa shape index (κ2) is 11.0. The van der Waals surface area contributed by atoms with E-state index in [1.807, 2.05) is 65.5 Å². The fourth-order valence-corrected chi connectivity index (χ4v) is 3.82. The number of fused-ring (bicyclic) bond motifs is 1. The fourth-order valence-electron chi connectivity index (χ4n) is 3.82. The molecule has 0 saturated heterocycles. The molecule has 6 heteroatoms. The van der Waals surface area contributed by atoms with Gasteiger partial charge in [0.2, 0.25) is 5.91 Å². The van der Waals surface area contributed by atoms with E-state index in [0.29, 0.717) is 18.9 Å². The number of hydrogen-bond donors (Lipinski definition) is 1. The lowest BCUT2D eigenvalue weighted by Gasteiger charge is -2.09. The van der Waals surface area contributed by atoms with Crippen molar-refractivity contribution in [2.75, 3.05) is 13.2 Å². The summed E-state index contributed by atoms with van der Waals surface area (Å²) < 4.78 is 7.84. The van der Waals surface area contributed by atoms with Gasteiger partial charge in [0.15, 0.2) is 0 Å². The number of hydrogen-bond acceptors (Lipinski definition) is 4. The van der Waals surface area contributed by atoms with E-state index in [1.165, 1.54) is 0 Å². The van der Waals surface area contributed by atoms with Gasteiger partial charge in [0, 0.05) is 23.9 Å². The lowest BCUT2D eigenvalue weighted by atomic mass is 10.1. The molecular weight excluding hydrogens is 424 g/mol. The van der Waals surface area contributed by atoms with Crippen molar-refractivity contribution < 1.29 is 9.53 Å². The number of carbonyl (C=O) groups is 1. The van der Waals surface area contributed by atoms with Gasteiger partial charge in [-0.05, 0) is 62.1 Å². The molecule has 2 aromatic heterocycles. The lowest BCUT2D eigenvalue weighted by Crippen LogP contribution is -2.27. The first kappa shape index (κ1) is 23.5. The van der Waals surface area contributed by atoms with Gasteiger partial charge in [0.05, 0.1) is 35.4 Å². The van der Waals surface area contributed by atoms with E-state index in [0.717, 1.165) is 58.7 Å². The fraction of sp³-hybridized carbons (Fsp3) is 0.321. The molecule has 176 valence electrons. The van der Waals surface area contributed by atoms with Crippen LogP contribution in [0.3, 0.4) is 0 Å². The summed E-state index contributed by atoms with van der Waals surface area (Å²) in [5.41, 5.74) is 4.92. The Balaban J connectivity index is 1.36. The average Bonchev–Trinajstić information content (AvgIpc) is 3.24. The second-order valence-corrected chi connectivity index (χ2v) is 8.95. The van der Waals surface area contributed by atoms with Crippen LogP contribution in [-0.2, 0) is 4.79 Å². The molecule has 0 aliphatic carbocycles. The van der Waals surface area contributed by atoms with E-state index in [4.69, 9.17) is 9.72 Å². The van der Waals surface area contributed by atoms with Crippen LogP contribution in [0.5, 0.6) is 5.75 Å². The zero-order chi connectivity index (χ0) is 23.9. The third kappa shape index (κ3) is 5.81. The highest BCUT2D eigenvalue weighted by Crippen LogP contribution is 2.27. The van der Waals surface area contributed by atoms with Crippen molar-refractivity contribution in [2.24, 2.45) is 5.92 Å². The Kier molecular flexibility index (Phi) is 7.58. The minimum Gasteiger partial charge on any atom is -0.494 e. The van der Waals surface area contributed by atoms with Crippen LogP contribution in [0.25, 0.3) is 27.8 Å². The first-order valence-corrected chi connectivity index (χ1v) is 11.9. The number of carbonyl (C=O) groups excluding carboxylic acids is 1. The van der Waals surface area contributed by atoms with Gasteiger partial charge in [-0.2, -0.15) is 5.10 Å². The molecule has 0 spiro atoms. The van der Waals surface area contributed by atoms with Crippen molar-refractivity contribution in [1.82, 2.24) is 20.1 Å². The predicted molar refractivity (Wildman–Crippen MR) is 136 cm³/mol. The van der Waals surface area contributed by atoms with Crippen molar-refractivity contribution in [3.8, 4) is 22.7 Å². The molecule has 0 atom stereocenters. The number of pyridine rings is 1. The quantitative estimate of drug-likeness (QED) is 0.310. The van der Waals surface area contributed by atoms with Crippen LogP contribution in [0.15, 0.2) is 66.9 Å². The van der Waals surface area contributed by atoms with Crippen molar-refractivity contribution >= 4 is 16.8 Å². The lowest BCUT2D eigenvalue weighted by molar-refractivity contribution is -0.121. The van der Waals surface area contributed by atoms with Gasteiger partial charge in [0.25, 0.3) is 0 Å². The molecular formula is C28H32N4O2. The summed E-state index contributed by atoms with van der Waals surface area (Å²) >= 11 is 0. The summed E-state index contributed by atoms with van der Waals surface area (Å²) in [7, 11) is 0. The Hall–Kier alpha value is -3.67. The summed E-state index contributed by atoms with van der Waals surface area (Å²) in [6.07, 6.45) is 4.07. The van der Waals surface area contributed by atoms with Crippen LogP contribution < -0.4 is 10.1 Å². The van der Waals surface area contributed by atoms with E-state index in [-0.39, 0.29) is 5.91 Å². The van der Waals surface area contributed by atoms with Crippen LogP contribution >= 0.6 is 0 Å². The first-order chi connectivity index (χ1) is 16.5. The van der Waals surface area contributed by atoms with Gasteiger partial charge in [-0.3, -0.25) is 4.79 Å². The molecule has 4 aromatic rings. The van der Waals surface area contributed by atoms with Crippen LogP contribution in [0.1, 0.15) is 38.8 Å². The summed E-state index contributed by atoms with van der Waals surface area (Å²) in [5.74, 6) is 1.41. The third-order valence-corrected chi connectivity index (χ3v) is 5.72. The summed E-state index contributed by atoms with van der Waals surface area (Å²) in [6.45, 7) is 7.57. The van der Waals surface area contributed by atoms with Crippen LogP contribution in [0.2, 0.25) is 0 Å². The molecule has 0 fully saturated rings. The number of rotatable bonds is 10. The Morgan fingerprint density at radius 2 is 1.88 bits per heavy atom. The molecule has 6 nitrogen and oxygen atoms in total. The highest BCUT2D eigenvalue weighted by atomic mass is 16.5. The number of aromatic nitrogens is 3. The highest BCUT2D eigenvalue weighted by molar-refractivity contribution is 5.83.